The van der Waals surface area contributed by atoms with E-state index in [1.807, 2.05) is 0 Å². The average molecular weight is 215 g/mol. The number of halogens is 2. The number of hydrogen-bond donors (Lipinski definition) is 1. The summed E-state index contributed by atoms with van der Waals surface area (Å²) in [5.41, 5.74) is 0.0855. The Labute approximate surface area is 86.0 Å². The third kappa shape index (κ3) is 2.90. The van der Waals surface area contributed by atoms with Crippen LogP contribution in [0.15, 0.2) is 12.1 Å². The Bertz CT molecular complexity index is 356. The van der Waals surface area contributed by atoms with Crippen LogP contribution in [0.25, 0.3) is 0 Å². The maximum atomic E-state index is 13.2. The second-order valence-corrected chi connectivity index (χ2v) is 2.81. The first-order chi connectivity index (χ1) is 7.19. The van der Waals surface area contributed by atoms with Crippen molar-refractivity contribution < 1.29 is 18.3 Å². The van der Waals surface area contributed by atoms with Crippen LogP contribution in [0, 0.1) is 11.6 Å². The number of carbonyl (C=O) groups excluding carboxylic acids is 1. The van der Waals surface area contributed by atoms with Gasteiger partial charge in [-0.1, -0.05) is 0 Å². The maximum Gasteiger partial charge on any atom is 0.153 e. The number of carbonyl (C=O) groups is 1. The zero-order valence-corrected chi connectivity index (χ0v) is 8.22. The van der Waals surface area contributed by atoms with Crippen LogP contribution in [0.5, 0.6) is 5.75 Å². The Hall–Kier alpha value is -1.65. The van der Waals surface area contributed by atoms with E-state index in [2.05, 4.69) is 5.32 Å². The SMILES string of the molecule is CNc1c(F)cc(F)cc1OCCC=O. The summed E-state index contributed by atoms with van der Waals surface area (Å²) in [6.07, 6.45) is 0.857. The predicted octanol–water partition coefficient (Wildman–Crippen LogP) is 1.97. The van der Waals surface area contributed by atoms with Gasteiger partial charge in [0.1, 0.15) is 23.5 Å². The van der Waals surface area contributed by atoms with Crippen molar-refractivity contribution in [2.45, 2.75) is 6.42 Å². The zero-order chi connectivity index (χ0) is 11.3. The van der Waals surface area contributed by atoms with Gasteiger partial charge in [-0.3, -0.25) is 0 Å². The second kappa shape index (κ2) is 5.29. The normalized spacial score (nSPS) is 9.80. The molecule has 0 radical (unpaired) electrons. The van der Waals surface area contributed by atoms with Crippen molar-refractivity contribution in [1.82, 2.24) is 0 Å². The molecule has 1 aromatic carbocycles. The number of nitrogens with one attached hydrogen (secondary N) is 1. The maximum absolute atomic E-state index is 13.2. The van der Waals surface area contributed by atoms with E-state index >= 15 is 0 Å². The van der Waals surface area contributed by atoms with E-state index < -0.39 is 11.6 Å². The highest BCUT2D eigenvalue weighted by molar-refractivity contribution is 5.57. The second-order valence-electron chi connectivity index (χ2n) is 2.81. The molecule has 1 rings (SSSR count). The average Bonchev–Trinajstić information content (AvgIpc) is 2.17. The molecule has 0 amide bonds. The monoisotopic (exact) mass is 215 g/mol. The van der Waals surface area contributed by atoms with Gasteiger partial charge < -0.3 is 14.8 Å². The molecule has 1 N–H and O–H groups in total. The van der Waals surface area contributed by atoms with Gasteiger partial charge in [0.05, 0.1) is 6.61 Å². The highest BCUT2D eigenvalue weighted by Crippen LogP contribution is 2.28. The lowest BCUT2D eigenvalue weighted by atomic mass is 10.2. The molecule has 0 saturated heterocycles. The quantitative estimate of drug-likeness (QED) is 0.602. The van der Waals surface area contributed by atoms with Gasteiger partial charge in [0.15, 0.2) is 5.82 Å². The van der Waals surface area contributed by atoms with Gasteiger partial charge in [-0.05, 0) is 0 Å². The molecule has 15 heavy (non-hydrogen) atoms. The van der Waals surface area contributed by atoms with Crippen LogP contribution in [0.2, 0.25) is 0 Å². The Morgan fingerprint density at radius 1 is 1.47 bits per heavy atom. The summed E-state index contributed by atoms with van der Waals surface area (Å²) in [5.74, 6) is -1.37. The summed E-state index contributed by atoms with van der Waals surface area (Å²) in [7, 11) is 1.50. The van der Waals surface area contributed by atoms with Crippen molar-refractivity contribution in [3.8, 4) is 5.75 Å². The molecule has 3 nitrogen and oxygen atoms in total. The fraction of sp³-hybridized carbons (Fsp3) is 0.300. The van der Waals surface area contributed by atoms with Crippen LogP contribution in [0.1, 0.15) is 6.42 Å². The van der Waals surface area contributed by atoms with E-state index in [4.69, 9.17) is 4.74 Å². The molecule has 0 aliphatic rings. The van der Waals surface area contributed by atoms with Gasteiger partial charge in [0.2, 0.25) is 0 Å². The molecule has 1 aromatic rings. The summed E-state index contributed by atoms with van der Waals surface area (Å²) >= 11 is 0. The molecule has 82 valence electrons. The summed E-state index contributed by atoms with van der Waals surface area (Å²) < 4.78 is 31.1. The van der Waals surface area contributed by atoms with Gasteiger partial charge in [-0.2, -0.15) is 0 Å². The minimum Gasteiger partial charge on any atom is -0.491 e. The van der Waals surface area contributed by atoms with E-state index in [9.17, 15) is 13.6 Å². The molecule has 0 aliphatic heterocycles. The number of anilines is 1. The highest BCUT2D eigenvalue weighted by atomic mass is 19.1. The lowest BCUT2D eigenvalue weighted by Crippen LogP contribution is -2.03. The largest absolute Gasteiger partial charge is 0.491 e. The predicted molar refractivity (Wildman–Crippen MR) is 52.1 cm³/mol. The molecule has 0 aliphatic carbocycles. The van der Waals surface area contributed by atoms with Crippen molar-refractivity contribution in [3.63, 3.8) is 0 Å². The van der Waals surface area contributed by atoms with Crippen LogP contribution in [-0.4, -0.2) is 19.9 Å². The van der Waals surface area contributed by atoms with Crippen LogP contribution in [-0.2, 0) is 4.79 Å². The van der Waals surface area contributed by atoms with E-state index in [-0.39, 0.29) is 24.5 Å². The third-order valence-electron chi connectivity index (χ3n) is 1.76. The van der Waals surface area contributed by atoms with E-state index in [0.717, 1.165) is 12.1 Å². The standard InChI is InChI=1S/C10H11F2NO2/c1-13-10-8(12)5-7(11)6-9(10)15-4-2-3-14/h3,5-6,13H,2,4H2,1H3. The molecule has 0 saturated carbocycles. The summed E-state index contributed by atoms with van der Waals surface area (Å²) in [4.78, 5) is 10.0. The van der Waals surface area contributed by atoms with Crippen LogP contribution < -0.4 is 10.1 Å². The van der Waals surface area contributed by atoms with Crippen molar-refractivity contribution in [3.05, 3.63) is 23.8 Å². The van der Waals surface area contributed by atoms with Gasteiger partial charge in [-0.15, -0.1) is 0 Å². The Morgan fingerprint density at radius 3 is 2.80 bits per heavy atom. The van der Waals surface area contributed by atoms with E-state index in [0.29, 0.717) is 6.29 Å². The summed E-state index contributed by atoms with van der Waals surface area (Å²) in [5, 5.41) is 2.56. The molecular weight excluding hydrogens is 204 g/mol. The number of rotatable bonds is 5. The van der Waals surface area contributed by atoms with Crippen LogP contribution >= 0.6 is 0 Å². The van der Waals surface area contributed by atoms with Crippen molar-refractivity contribution >= 4 is 12.0 Å². The first kappa shape index (κ1) is 11.4. The van der Waals surface area contributed by atoms with Gasteiger partial charge in [0, 0.05) is 25.6 Å². The molecule has 5 heteroatoms. The Morgan fingerprint density at radius 2 is 2.20 bits per heavy atom. The molecule has 0 fully saturated rings. The molecule has 0 spiro atoms. The molecule has 0 unspecified atom stereocenters. The molecular formula is C10H11F2NO2. The number of benzene rings is 1. The number of hydrogen-bond acceptors (Lipinski definition) is 3. The topological polar surface area (TPSA) is 38.3 Å². The molecule has 0 heterocycles. The summed E-state index contributed by atoms with van der Waals surface area (Å²) in [6.45, 7) is 0.0983. The number of ether oxygens (including phenoxy) is 1. The fourth-order valence-corrected chi connectivity index (χ4v) is 1.12. The molecule has 0 atom stereocenters. The van der Waals surface area contributed by atoms with Crippen molar-refractivity contribution in [2.75, 3.05) is 19.0 Å². The minimum atomic E-state index is -0.724. The van der Waals surface area contributed by atoms with Crippen LogP contribution in [0.4, 0.5) is 14.5 Å². The van der Waals surface area contributed by atoms with E-state index in [1.54, 1.807) is 0 Å². The minimum absolute atomic E-state index is 0.0665. The first-order valence-electron chi connectivity index (χ1n) is 4.42. The fourth-order valence-electron chi connectivity index (χ4n) is 1.12. The van der Waals surface area contributed by atoms with Gasteiger partial charge in [-0.25, -0.2) is 8.78 Å². The lowest BCUT2D eigenvalue weighted by Gasteiger charge is -2.11. The smallest absolute Gasteiger partial charge is 0.153 e. The Kier molecular flexibility index (Phi) is 4.03. The van der Waals surface area contributed by atoms with Crippen molar-refractivity contribution in [2.24, 2.45) is 0 Å². The first-order valence-corrected chi connectivity index (χ1v) is 4.42. The highest BCUT2D eigenvalue weighted by Gasteiger charge is 2.10. The van der Waals surface area contributed by atoms with Crippen molar-refractivity contribution in [1.29, 1.82) is 0 Å². The lowest BCUT2D eigenvalue weighted by molar-refractivity contribution is -0.108. The zero-order valence-electron chi connectivity index (χ0n) is 8.22. The number of aldehydes is 1. The van der Waals surface area contributed by atoms with Crippen LogP contribution in [0.3, 0.4) is 0 Å². The molecule has 0 bridgehead atoms. The van der Waals surface area contributed by atoms with Gasteiger partial charge in [0.25, 0.3) is 0 Å². The van der Waals surface area contributed by atoms with Gasteiger partial charge >= 0.3 is 0 Å². The Balaban J connectivity index is 2.88. The third-order valence-corrected chi connectivity index (χ3v) is 1.76. The summed E-state index contributed by atoms with van der Waals surface area (Å²) in [6, 6.07) is 1.83. The molecule has 0 aromatic heterocycles. The van der Waals surface area contributed by atoms with E-state index in [1.165, 1.54) is 7.05 Å².